The Morgan fingerprint density at radius 3 is 1.86 bits per heavy atom. The van der Waals surface area contributed by atoms with Crippen LogP contribution in [0.5, 0.6) is 0 Å². The van der Waals surface area contributed by atoms with Gasteiger partial charge in [0.05, 0.1) is 5.56 Å². The van der Waals surface area contributed by atoms with Crippen molar-refractivity contribution in [2.75, 3.05) is 5.32 Å². The summed E-state index contributed by atoms with van der Waals surface area (Å²) in [6.07, 6.45) is 0. The molecule has 0 fully saturated rings. The molecule has 0 aromatic heterocycles. The van der Waals surface area contributed by atoms with Gasteiger partial charge in [0, 0.05) is 5.69 Å². The van der Waals surface area contributed by atoms with Crippen LogP contribution in [0.15, 0.2) is 48.5 Å². The van der Waals surface area contributed by atoms with Crippen molar-refractivity contribution >= 4 is 17.6 Å². The van der Waals surface area contributed by atoms with E-state index >= 15 is 0 Å². The van der Waals surface area contributed by atoms with Crippen LogP contribution in [-0.2, 0) is 14.9 Å². The number of benzene rings is 2. The van der Waals surface area contributed by atoms with Gasteiger partial charge >= 0.3 is 11.9 Å². The number of aliphatic carboxylic acids is 1. The van der Waals surface area contributed by atoms with E-state index in [2.05, 4.69) is 26.1 Å². The van der Waals surface area contributed by atoms with Crippen molar-refractivity contribution in [2.45, 2.75) is 58.6 Å². The summed E-state index contributed by atoms with van der Waals surface area (Å²) in [7, 11) is 0. The number of ether oxygens (including phenoxy) is 1. The quantitative estimate of drug-likeness (QED) is 0.696. The lowest BCUT2D eigenvalue weighted by atomic mass is 9.86. The highest BCUT2D eigenvalue weighted by Crippen LogP contribution is 2.26. The number of nitrogens with one attached hydrogen (secondary N) is 1. The number of esters is 1. The monoisotopic (exact) mass is 383 g/mol. The van der Waals surface area contributed by atoms with Crippen molar-refractivity contribution in [3.05, 3.63) is 65.2 Å². The minimum atomic E-state index is -0.972. The molecule has 2 N–H and O–H groups in total. The van der Waals surface area contributed by atoms with Crippen LogP contribution in [0, 0.1) is 0 Å². The molecule has 1 atom stereocenters. The molecule has 0 saturated heterocycles. The third-order valence-electron chi connectivity index (χ3n) is 4.19. The Hall–Kier alpha value is -2.82. The maximum Gasteiger partial charge on any atom is 0.338 e. The van der Waals surface area contributed by atoms with Crippen LogP contribution in [0.3, 0.4) is 0 Å². The van der Waals surface area contributed by atoms with Crippen LogP contribution in [0.4, 0.5) is 5.69 Å². The maximum absolute atomic E-state index is 12.1. The first-order valence-electron chi connectivity index (χ1n) is 9.30. The third kappa shape index (κ3) is 5.84. The largest absolute Gasteiger partial charge is 0.479 e. The fraction of sp³-hybridized carbons (Fsp3) is 0.391. The Morgan fingerprint density at radius 2 is 1.43 bits per heavy atom. The fourth-order valence-electron chi connectivity index (χ4n) is 2.67. The minimum Gasteiger partial charge on any atom is -0.479 e. The highest BCUT2D eigenvalue weighted by Gasteiger charge is 2.22. The molecular weight excluding hydrogens is 354 g/mol. The number of carbonyl (C=O) groups is 2. The summed E-state index contributed by atoms with van der Waals surface area (Å²) >= 11 is 0. The summed E-state index contributed by atoms with van der Waals surface area (Å²) in [4.78, 5) is 23.9. The van der Waals surface area contributed by atoms with Crippen LogP contribution in [0.2, 0.25) is 0 Å². The second-order valence-corrected chi connectivity index (χ2v) is 8.87. The van der Waals surface area contributed by atoms with E-state index in [9.17, 15) is 14.7 Å². The zero-order valence-corrected chi connectivity index (χ0v) is 17.4. The summed E-state index contributed by atoms with van der Waals surface area (Å²) < 4.78 is 5.34. The Morgan fingerprint density at radius 1 is 0.893 bits per heavy atom. The number of rotatable bonds is 5. The summed E-state index contributed by atoms with van der Waals surface area (Å²) in [5.41, 5.74) is 2.27. The number of hydrogen-bond acceptors (Lipinski definition) is 4. The molecule has 0 bridgehead atoms. The molecule has 0 aliphatic carbocycles. The second-order valence-electron chi connectivity index (χ2n) is 8.87. The van der Waals surface area contributed by atoms with Crippen LogP contribution in [-0.4, -0.2) is 22.6 Å². The van der Waals surface area contributed by atoms with E-state index in [4.69, 9.17) is 4.74 Å². The number of anilines is 1. The molecule has 2 aromatic carbocycles. The van der Waals surface area contributed by atoms with Crippen molar-refractivity contribution in [3.8, 4) is 0 Å². The Bertz CT molecular complexity index is 825. The first-order valence-corrected chi connectivity index (χ1v) is 9.30. The van der Waals surface area contributed by atoms with Crippen molar-refractivity contribution in [1.82, 2.24) is 0 Å². The summed E-state index contributed by atoms with van der Waals surface area (Å²) in [6, 6.07) is 13.3. The van der Waals surface area contributed by atoms with Gasteiger partial charge in [-0.05, 0) is 61.6 Å². The minimum absolute atomic E-state index is 0.00216. The summed E-state index contributed by atoms with van der Waals surface area (Å²) in [5.74, 6) is -1.38. The SMILES string of the molecule is CC(C)(C)OC(=O)c1ccc(NC(C(=O)O)c2ccc(C(C)(C)C)cc2)cc1. The lowest BCUT2D eigenvalue weighted by molar-refractivity contribution is -0.138. The molecule has 0 aliphatic heterocycles. The summed E-state index contributed by atoms with van der Waals surface area (Å²) in [5, 5.41) is 12.7. The van der Waals surface area contributed by atoms with E-state index in [1.165, 1.54) is 0 Å². The van der Waals surface area contributed by atoms with Gasteiger partial charge in [0.2, 0.25) is 0 Å². The van der Waals surface area contributed by atoms with Crippen molar-refractivity contribution in [3.63, 3.8) is 0 Å². The Kier molecular flexibility index (Phi) is 6.17. The van der Waals surface area contributed by atoms with E-state index in [0.29, 0.717) is 16.8 Å². The van der Waals surface area contributed by atoms with Gasteiger partial charge in [0.15, 0.2) is 6.04 Å². The standard InChI is InChI=1S/C23H29NO4/c1-22(2,3)17-11-7-15(8-12-17)19(20(25)26)24-18-13-9-16(10-14-18)21(27)28-23(4,5)6/h7-14,19,24H,1-6H3,(H,25,26). The molecule has 28 heavy (non-hydrogen) atoms. The second kappa shape index (κ2) is 8.05. The molecule has 5 nitrogen and oxygen atoms in total. The molecule has 0 radical (unpaired) electrons. The average Bonchev–Trinajstić information content (AvgIpc) is 2.58. The van der Waals surface area contributed by atoms with Crippen LogP contribution < -0.4 is 5.32 Å². The average molecular weight is 383 g/mol. The molecule has 0 saturated carbocycles. The zero-order valence-electron chi connectivity index (χ0n) is 17.4. The first-order chi connectivity index (χ1) is 12.9. The molecule has 0 heterocycles. The van der Waals surface area contributed by atoms with Gasteiger partial charge < -0.3 is 15.2 Å². The van der Waals surface area contributed by atoms with Crippen molar-refractivity contribution < 1.29 is 19.4 Å². The van der Waals surface area contributed by atoms with Crippen LogP contribution >= 0.6 is 0 Å². The molecular formula is C23H29NO4. The normalized spacial score (nSPS) is 12.9. The lowest BCUT2D eigenvalue weighted by Gasteiger charge is -2.21. The lowest BCUT2D eigenvalue weighted by Crippen LogP contribution is -2.24. The van der Waals surface area contributed by atoms with Gasteiger partial charge in [0.25, 0.3) is 0 Å². The van der Waals surface area contributed by atoms with Gasteiger partial charge in [-0.15, -0.1) is 0 Å². The van der Waals surface area contributed by atoms with Crippen molar-refractivity contribution in [1.29, 1.82) is 0 Å². The Labute approximate surface area is 166 Å². The topological polar surface area (TPSA) is 75.6 Å². The smallest absolute Gasteiger partial charge is 0.338 e. The Balaban J connectivity index is 2.16. The van der Waals surface area contributed by atoms with E-state index in [-0.39, 0.29) is 5.41 Å². The molecule has 5 heteroatoms. The van der Waals surface area contributed by atoms with Gasteiger partial charge in [-0.1, -0.05) is 45.0 Å². The van der Waals surface area contributed by atoms with Gasteiger partial charge in [-0.2, -0.15) is 0 Å². The zero-order chi connectivity index (χ0) is 21.1. The molecule has 2 rings (SSSR count). The molecule has 2 aromatic rings. The first kappa shape index (κ1) is 21.5. The van der Waals surface area contributed by atoms with Gasteiger partial charge in [-0.3, -0.25) is 0 Å². The maximum atomic E-state index is 12.1. The predicted octanol–water partition coefficient (Wildman–Crippen LogP) is 5.18. The van der Waals surface area contributed by atoms with Crippen LogP contribution in [0.25, 0.3) is 0 Å². The van der Waals surface area contributed by atoms with Gasteiger partial charge in [0.1, 0.15) is 5.60 Å². The van der Waals surface area contributed by atoms with E-state index in [0.717, 1.165) is 5.56 Å². The molecule has 0 aliphatic rings. The van der Waals surface area contributed by atoms with E-state index in [1.54, 1.807) is 24.3 Å². The van der Waals surface area contributed by atoms with E-state index < -0.39 is 23.6 Å². The highest BCUT2D eigenvalue weighted by atomic mass is 16.6. The molecule has 0 amide bonds. The third-order valence-corrected chi connectivity index (χ3v) is 4.19. The highest BCUT2D eigenvalue weighted by molar-refractivity contribution is 5.90. The number of carboxylic acid groups (broad SMARTS) is 1. The van der Waals surface area contributed by atoms with Crippen LogP contribution in [0.1, 0.15) is 69.1 Å². The number of carboxylic acids is 1. The molecule has 1 unspecified atom stereocenters. The number of carbonyl (C=O) groups excluding carboxylic acids is 1. The molecule has 0 spiro atoms. The predicted molar refractivity (Wildman–Crippen MR) is 111 cm³/mol. The number of hydrogen-bond donors (Lipinski definition) is 2. The van der Waals surface area contributed by atoms with Crippen molar-refractivity contribution in [2.24, 2.45) is 0 Å². The van der Waals surface area contributed by atoms with Gasteiger partial charge in [-0.25, -0.2) is 9.59 Å². The summed E-state index contributed by atoms with van der Waals surface area (Å²) in [6.45, 7) is 11.8. The molecule has 150 valence electrons. The van der Waals surface area contributed by atoms with E-state index in [1.807, 2.05) is 45.0 Å². The fourth-order valence-corrected chi connectivity index (χ4v) is 2.67.